The zero-order valence-corrected chi connectivity index (χ0v) is 18.9. The number of alkyl halides is 3. The highest BCUT2D eigenvalue weighted by molar-refractivity contribution is 6.03. The first-order chi connectivity index (χ1) is 16.4. The molecule has 0 radical (unpaired) electrons. The molecular weight excluding hydrogens is 437 g/mol. The van der Waals surface area contributed by atoms with Crippen molar-refractivity contribution in [2.75, 3.05) is 16.8 Å². The largest absolute Gasteiger partial charge is 0.416 e. The molecular formula is C28H27F3N2O. The molecule has 34 heavy (non-hydrogen) atoms. The summed E-state index contributed by atoms with van der Waals surface area (Å²) in [6.07, 6.45) is 2.89. The molecule has 0 atom stereocenters. The minimum absolute atomic E-state index is 0.334. The Hall–Kier alpha value is -3.28. The van der Waals surface area contributed by atoms with Crippen LogP contribution in [0.2, 0.25) is 0 Å². The van der Waals surface area contributed by atoms with Crippen LogP contribution in [0.4, 0.5) is 29.3 Å². The maximum atomic E-state index is 12.8. The summed E-state index contributed by atoms with van der Waals surface area (Å²) >= 11 is 0. The van der Waals surface area contributed by atoms with E-state index in [-0.39, 0.29) is 6.03 Å². The normalized spacial score (nSPS) is 16.4. The molecule has 0 spiro atoms. The first-order valence-electron chi connectivity index (χ1n) is 11.9. The molecule has 1 fully saturated rings. The molecule has 0 unspecified atom stereocenters. The average molecular weight is 465 g/mol. The number of anilines is 2. The van der Waals surface area contributed by atoms with Crippen molar-refractivity contribution in [3.05, 3.63) is 83.4 Å². The van der Waals surface area contributed by atoms with E-state index in [1.165, 1.54) is 49.8 Å². The third kappa shape index (κ3) is 4.67. The smallest absolute Gasteiger partial charge is 0.308 e. The predicted molar refractivity (Wildman–Crippen MR) is 129 cm³/mol. The van der Waals surface area contributed by atoms with Crippen LogP contribution in [0.1, 0.15) is 54.7 Å². The van der Waals surface area contributed by atoms with Gasteiger partial charge in [0, 0.05) is 17.9 Å². The number of hydrogen-bond acceptors (Lipinski definition) is 1. The number of rotatable bonds is 3. The van der Waals surface area contributed by atoms with Gasteiger partial charge in [0.2, 0.25) is 0 Å². The van der Waals surface area contributed by atoms with E-state index in [2.05, 4.69) is 35.6 Å². The molecule has 2 amide bonds. The Labute approximate surface area is 197 Å². The Bertz CT molecular complexity index is 1160. The van der Waals surface area contributed by atoms with Crippen molar-refractivity contribution in [1.29, 1.82) is 0 Å². The molecule has 1 aliphatic carbocycles. The average Bonchev–Trinajstić information content (AvgIpc) is 3.28. The van der Waals surface area contributed by atoms with Crippen molar-refractivity contribution >= 4 is 17.4 Å². The second-order valence-corrected chi connectivity index (χ2v) is 9.21. The quantitative estimate of drug-likeness (QED) is 0.418. The highest BCUT2D eigenvalue weighted by Gasteiger charge is 2.30. The van der Waals surface area contributed by atoms with Gasteiger partial charge in [0.05, 0.1) is 5.56 Å². The number of nitrogens with one attached hydrogen (secondary N) is 1. The lowest BCUT2D eigenvalue weighted by Crippen LogP contribution is -2.33. The number of nitrogens with zero attached hydrogens (tertiary/aromatic N) is 1. The van der Waals surface area contributed by atoms with Crippen molar-refractivity contribution < 1.29 is 18.0 Å². The summed E-state index contributed by atoms with van der Waals surface area (Å²) in [6, 6.07) is 19.2. The number of fused-ring (bicyclic) bond motifs is 1. The van der Waals surface area contributed by atoms with Gasteiger partial charge >= 0.3 is 12.2 Å². The zero-order chi connectivity index (χ0) is 23.7. The topological polar surface area (TPSA) is 32.3 Å². The Balaban J connectivity index is 1.28. The summed E-state index contributed by atoms with van der Waals surface area (Å²) in [5, 5.41) is 2.71. The molecule has 1 N–H and O–H groups in total. The van der Waals surface area contributed by atoms with E-state index in [1.807, 2.05) is 12.1 Å². The number of amides is 2. The summed E-state index contributed by atoms with van der Waals surface area (Å²) in [4.78, 5) is 14.4. The van der Waals surface area contributed by atoms with E-state index < -0.39 is 11.7 Å². The van der Waals surface area contributed by atoms with E-state index in [4.69, 9.17) is 0 Å². The molecule has 0 saturated heterocycles. The summed E-state index contributed by atoms with van der Waals surface area (Å²) in [5.41, 5.74) is 5.24. The van der Waals surface area contributed by atoms with Gasteiger partial charge in [0.15, 0.2) is 0 Å². The minimum atomic E-state index is -4.40. The van der Waals surface area contributed by atoms with Crippen molar-refractivity contribution in [3.63, 3.8) is 0 Å². The Kier molecular flexibility index (Phi) is 6.07. The number of carbonyl (C=O) groups excluding carboxylic acids is 1. The molecule has 1 heterocycles. The Morgan fingerprint density at radius 1 is 0.853 bits per heavy atom. The lowest BCUT2D eigenvalue weighted by atomic mass is 9.83. The van der Waals surface area contributed by atoms with Crippen LogP contribution < -0.4 is 10.2 Å². The molecule has 6 heteroatoms. The van der Waals surface area contributed by atoms with Crippen LogP contribution in [0.3, 0.4) is 0 Å². The number of hydrogen-bond donors (Lipinski definition) is 1. The second-order valence-electron chi connectivity index (χ2n) is 9.21. The van der Waals surface area contributed by atoms with E-state index >= 15 is 0 Å². The van der Waals surface area contributed by atoms with Gasteiger partial charge in [0.1, 0.15) is 0 Å². The number of urea groups is 1. The van der Waals surface area contributed by atoms with Crippen LogP contribution in [-0.4, -0.2) is 12.6 Å². The highest BCUT2D eigenvalue weighted by Crippen LogP contribution is 2.36. The van der Waals surface area contributed by atoms with Gasteiger partial charge in [-0.05, 0) is 83.8 Å². The number of carbonyl (C=O) groups is 1. The first-order valence-corrected chi connectivity index (χ1v) is 11.9. The third-order valence-electron chi connectivity index (χ3n) is 7.00. The number of halogens is 3. The monoisotopic (exact) mass is 464 g/mol. The lowest BCUT2D eigenvalue weighted by molar-refractivity contribution is -0.137. The van der Waals surface area contributed by atoms with Crippen molar-refractivity contribution in [3.8, 4) is 11.1 Å². The zero-order valence-electron chi connectivity index (χ0n) is 18.9. The Morgan fingerprint density at radius 2 is 1.53 bits per heavy atom. The lowest BCUT2D eigenvalue weighted by Gasteiger charge is -2.22. The molecule has 3 aromatic carbocycles. The van der Waals surface area contributed by atoms with Gasteiger partial charge in [-0.2, -0.15) is 13.2 Å². The fourth-order valence-corrected chi connectivity index (χ4v) is 5.11. The minimum Gasteiger partial charge on any atom is -0.308 e. The van der Waals surface area contributed by atoms with E-state index in [0.29, 0.717) is 18.2 Å². The number of benzene rings is 3. The standard InChI is InChI=1S/C28H27F3N2O/c29-28(30,31)24-11-13-25(14-12-24)32-27(34)33-17-16-23-18-22(10-15-26(23)33)21-8-6-20(7-9-21)19-4-2-1-3-5-19/h6-15,18-19H,1-5,16-17H2,(H,32,34). The molecule has 1 saturated carbocycles. The van der Waals surface area contributed by atoms with E-state index in [1.54, 1.807) is 4.90 Å². The van der Waals surface area contributed by atoms with Gasteiger partial charge in [-0.25, -0.2) is 4.79 Å². The maximum Gasteiger partial charge on any atom is 0.416 e. The molecule has 2 aliphatic rings. The second kappa shape index (κ2) is 9.16. The summed E-state index contributed by atoms with van der Waals surface area (Å²) < 4.78 is 38.3. The molecule has 3 aromatic rings. The SMILES string of the molecule is O=C(Nc1ccc(C(F)(F)F)cc1)N1CCc2cc(-c3ccc(C4CCCCC4)cc3)ccc21. The van der Waals surface area contributed by atoms with Crippen LogP contribution >= 0.6 is 0 Å². The van der Waals surface area contributed by atoms with Crippen molar-refractivity contribution in [2.45, 2.75) is 50.6 Å². The van der Waals surface area contributed by atoms with E-state index in [0.717, 1.165) is 40.9 Å². The summed E-state index contributed by atoms with van der Waals surface area (Å²) in [6.45, 7) is 0.534. The maximum absolute atomic E-state index is 12.8. The molecule has 1 aliphatic heterocycles. The van der Waals surface area contributed by atoms with Gasteiger partial charge in [-0.15, -0.1) is 0 Å². The fraction of sp³-hybridized carbons (Fsp3) is 0.321. The Morgan fingerprint density at radius 3 is 2.21 bits per heavy atom. The van der Waals surface area contributed by atoms with Crippen molar-refractivity contribution in [2.24, 2.45) is 0 Å². The van der Waals surface area contributed by atoms with Crippen molar-refractivity contribution in [1.82, 2.24) is 0 Å². The summed E-state index contributed by atoms with van der Waals surface area (Å²) in [7, 11) is 0. The molecule has 3 nitrogen and oxygen atoms in total. The molecule has 176 valence electrons. The van der Waals surface area contributed by atoms with Crippen LogP contribution in [-0.2, 0) is 12.6 Å². The van der Waals surface area contributed by atoms with Crippen LogP contribution in [0.15, 0.2) is 66.7 Å². The molecule has 5 rings (SSSR count). The van der Waals surface area contributed by atoms with Crippen LogP contribution in [0.25, 0.3) is 11.1 Å². The van der Waals surface area contributed by atoms with E-state index in [9.17, 15) is 18.0 Å². The van der Waals surface area contributed by atoms with Gasteiger partial charge < -0.3 is 5.32 Å². The third-order valence-corrected chi connectivity index (χ3v) is 7.00. The molecule has 0 aromatic heterocycles. The first kappa shape index (κ1) is 22.5. The van der Waals surface area contributed by atoms with Gasteiger partial charge in [0.25, 0.3) is 0 Å². The van der Waals surface area contributed by atoms with Gasteiger partial charge in [-0.3, -0.25) is 4.90 Å². The predicted octanol–water partition coefficient (Wildman–Crippen LogP) is 8.01. The fourth-order valence-electron chi connectivity index (χ4n) is 5.11. The van der Waals surface area contributed by atoms with Crippen LogP contribution in [0, 0.1) is 0 Å². The van der Waals surface area contributed by atoms with Gasteiger partial charge in [-0.1, -0.05) is 49.6 Å². The molecule has 0 bridgehead atoms. The van der Waals surface area contributed by atoms with Crippen LogP contribution in [0.5, 0.6) is 0 Å². The highest BCUT2D eigenvalue weighted by atomic mass is 19.4. The summed E-state index contributed by atoms with van der Waals surface area (Å²) in [5.74, 6) is 0.680.